The molecule has 0 aliphatic heterocycles. The molecule has 1 nitrogen and oxygen atoms in total. The van der Waals surface area contributed by atoms with Crippen molar-refractivity contribution in [3.63, 3.8) is 0 Å². The van der Waals surface area contributed by atoms with E-state index in [1.807, 2.05) is 13.8 Å². The normalized spacial score (nSPS) is 16.0. The molecule has 0 saturated carbocycles. The maximum absolute atomic E-state index is 9.31. The number of rotatable bonds is 3. The van der Waals surface area contributed by atoms with Gasteiger partial charge in [0.1, 0.15) is 0 Å². The third-order valence-corrected chi connectivity index (χ3v) is 1.51. The summed E-state index contributed by atoms with van der Waals surface area (Å²) in [6, 6.07) is 0. The van der Waals surface area contributed by atoms with Crippen molar-refractivity contribution in [3.05, 3.63) is 11.6 Å². The Morgan fingerprint density at radius 2 is 2.00 bits per heavy atom. The first-order valence-corrected chi connectivity index (χ1v) is 3.94. The second-order valence-electron chi connectivity index (χ2n) is 3.08. The summed E-state index contributed by atoms with van der Waals surface area (Å²) in [6.07, 6.45) is 2.69. The Morgan fingerprint density at radius 3 is 2.30 bits per heavy atom. The van der Waals surface area contributed by atoms with Gasteiger partial charge in [0.25, 0.3) is 0 Å². The topological polar surface area (TPSA) is 20.2 Å². The van der Waals surface area contributed by atoms with Gasteiger partial charge >= 0.3 is 0 Å². The first-order valence-electron chi connectivity index (χ1n) is 3.94. The van der Waals surface area contributed by atoms with Crippen molar-refractivity contribution in [2.45, 2.75) is 40.2 Å². The molecule has 1 N–H and O–H groups in total. The van der Waals surface area contributed by atoms with E-state index in [-0.39, 0.29) is 6.10 Å². The summed E-state index contributed by atoms with van der Waals surface area (Å²) in [5, 5.41) is 9.31. The average molecular weight is 142 g/mol. The molecule has 10 heavy (non-hydrogen) atoms. The maximum Gasteiger partial charge on any atom is 0.0744 e. The molecule has 0 saturated heterocycles. The quantitative estimate of drug-likeness (QED) is 0.600. The predicted molar refractivity (Wildman–Crippen MR) is 44.9 cm³/mol. The van der Waals surface area contributed by atoms with E-state index in [2.05, 4.69) is 19.9 Å². The summed E-state index contributed by atoms with van der Waals surface area (Å²) in [7, 11) is 0. The van der Waals surface area contributed by atoms with Crippen molar-refractivity contribution in [1.82, 2.24) is 0 Å². The van der Waals surface area contributed by atoms with Crippen molar-refractivity contribution in [2.75, 3.05) is 0 Å². The molecule has 0 aromatic carbocycles. The molecule has 60 valence electrons. The van der Waals surface area contributed by atoms with Gasteiger partial charge in [-0.05, 0) is 24.8 Å². The second kappa shape index (κ2) is 4.51. The highest BCUT2D eigenvalue weighted by molar-refractivity contribution is 5.04. The fourth-order valence-corrected chi connectivity index (χ4v) is 0.959. The highest BCUT2D eigenvalue weighted by Gasteiger charge is 2.02. The molecule has 0 aliphatic rings. The summed E-state index contributed by atoms with van der Waals surface area (Å²) in [4.78, 5) is 0. The van der Waals surface area contributed by atoms with E-state index in [1.165, 1.54) is 0 Å². The van der Waals surface area contributed by atoms with Gasteiger partial charge in [-0.3, -0.25) is 0 Å². The molecule has 0 aromatic rings. The smallest absolute Gasteiger partial charge is 0.0744 e. The zero-order valence-electron chi connectivity index (χ0n) is 7.39. The lowest BCUT2D eigenvalue weighted by atomic mass is 10.0. The molecule has 0 rings (SSSR count). The summed E-state index contributed by atoms with van der Waals surface area (Å²) in [5.41, 5.74) is 1.09. The standard InChI is InChI=1S/C9H18O/c1-5-9(10)8(4)6-7(2)3/h6-7,9-10H,5H2,1-4H3/b8-6+. The van der Waals surface area contributed by atoms with Crippen LogP contribution in [0.3, 0.4) is 0 Å². The minimum Gasteiger partial charge on any atom is -0.389 e. The first-order chi connectivity index (χ1) is 4.57. The van der Waals surface area contributed by atoms with Crippen LogP contribution in [-0.4, -0.2) is 11.2 Å². The number of allylic oxidation sites excluding steroid dienone is 1. The van der Waals surface area contributed by atoms with E-state index < -0.39 is 0 Å². The molecule has 0 spiro atoms. The molecule has 0 amide bonds. The number of hydrogen-bond donors (Lipinski definition) is 1. The maximum atomic E-state index is 9.31. The van der Waals surface area contributed by atoms with Crippen molar-refractivity contribution in [1.29, 1.82) is 0 Å². The van der Waals surface area contributed by atoms with Crippen LogP contribution in [0.1, 0.15) is 34.1 Å². The molecule has 0 bridgehead atoms. The van der Waals surface area contributed by atoms with Crippen molar-refractivity contribution < 1.29 is 5.11 Å². The van der Waals surface area contributed by atoms with Crippen LogP contribution in [0, 0.1) is 5.92 Å². The molecule has 0 heterocycles. The zero-order chi connectivity index (χ0) is 8.15. The van der Waals surface area contributed by atoms with Crippen molar-refractivity contribution in [2.24, 2.45) is 5.92 Å². The third-order valence-electron chi connectivity index (χ3n) is 1.51. The minimum absolute atomic E-state index is 0.234. The molecule has 0 aliphatic carbocycles. The van der Waals surface area contributed by atoms with E-state index in [0.717, 1.165) is 12.0 Å². The zero-order valence-corrected chi connectivity index (χ0v) is 7.39. The average Bonchev–Trinajstić information content (AvgIpc) is 1.85. The van der Waals surface area contributed by atoms with Crippen LogP contribution in [0.25, 0.3) is 0 Å². The van der Waals surface area contributed by atoms with Gasteiger partial charge in [-0.25, -0.2) is 0 Å². The van der Waals surface area contributed by atoms with Crippen LogP contribution in [0.15, 0.2) is 11.6 Å². The summed E-state index contributed by atoms with van der Waals surface area (Å²) >= 11 is 0. The van der Waals surface area contributed by atoms with Crippen molar-refractivity contribution >= 4 is 0 Å². The molecule has 1 atom stereocenters. The Balaban J connectivity index is 3.91. The Morgan fingerprint density at radius 1 is 1.50 bits per heavy atom. The number of aliphatic hydroxyl groups excluding tert-OH is 1. The van der Waals surface area contributed by atoms with E-state index in [9.17, 15) is 5.11 Å². The van der Waals surface area contributed by atoms with Gasteiger partial charge in [-0.15, -0.1) is 0 Å². The Kier molecular flexibility index (Phi) is 4.37. The first kappa shape index (κ1) is 9.70. The molecule has 1 unspecified atom stereocenters. The molecule has 0 radical (unpaired) electrons. The van der Waals surface area contributed by atoms with Gasteiger partial charge in [-0.2, -0.15) is 0 Å². The predicted octanol–water partition coefficient (Wildman–Crippen LogP) is 2.36. The number of hydrogen-bond acceptors (Lipinski definition) is 1. The van der Waals surface area contributed by atoms with Gasteiger partial charge in [0.2, 0.25) is 0 Å². The van der Waals surface area contributed by atoms with E-state index in [4.69, 9.17) is 0 Å². The van der Waals surface area contributed by atoms with Gasteiger partial charge < -0.3 is 5.11 Å². The number of aliphatic hydroxyl groups is 1. The Bertz CT molecular complexity index is 114. The van der Waals surface area contributed by atoms with Crippen molar-refractivity contribution in [3.8, 4) is 0 Å². The van der Waals surface area contributed by atoms with Gasteiger partial charge in [-0.1, -0.05) is 26.8 Å². The third kappa shape index (κ3) is 3.67. The highest BCUT2D eigenvalue weighted by atomic mass is 16.3. The SMILES string of the molecule is CCC(O)/C(C)=C/C(C)C. The van der Waals surface area contributed by atoms with Gasteiger partial charge in [0, 0.05) is 0 Å². The van der Waals surface area contributed by atoms with Crippen LogP contribution >= 0.6 is 0 Å². The molecular weight excluding hydrogens is 124 g/mol. The van der Waals surface area contributed by atoms with Crippen LogP contribution in [0.5, 0.6) is 0 Å². The summed E-state index contributed by atoms with van der Waals surface area (Å²) < 4.78 is 0. The largest absolute Gasteiger partial charge is 0.389 e. The molecule has 0 aromatic heterocycles. The molecule has 1 heteroatoms. The van der Waals surface area contributed by atoms with E-state index in [1.54, 1.807) is 0 Å². The van der Waals surface area contributed by atoms with Crippen LogP contribution in [0.4, 0.5) is 0 Å². The van der Waals surface area contributed by atoms with Gasteiger partial charge in [0.15, 0.2) is 0 Å². The van der Waals surface area contributed by atoms with E-state index >= 15 is 0 Å². The fourth-order valence-electron chi connectivity index (χ4n) is 0.959. The fraction of sp³-hybridized carbons (Fsp3) is 0.778. The van der Waals surface area contributed by atoms with Crippen LogP contribution in [-0.2, 0) is 0 Å². The van der Waals surface area contributed by atoms with Gasteiger partial charge in [0.05, 0.1) is 6.10 Å². The lowest BCUT2D eigenvalue weighted by molar-refractivity contribution is 0.206. The lowest BCUT2D eigenvalue weighted by Gasteiger charge is -2.08. The monoisotopic (exact) mass is 142 g/mol. The Labute approximate surface area is 63.8 Å². The molecule has 0 fully saturated rings. The van der Waals surface area contributed by atoms with Crippen LogP contribution in [0.2, 0.25) is 0 Å². The summed E-state index contributed by atoms with van der Waals surface area (Å²) in [5.74, 6) is 0.543. The van der Waals surface area contributed by atoms with Crippen LogP contribution < -0.4 is 0 Å². The lowest BCUT2D eigenvalue weighted by Crippen LogP contribution is -2.06. The minimum atomic E-state index is -0.234. The second-order valence-corrected chi connectivity index (χ2v) is 3.08. The Hall–Kier alpha value is -0.300. The highest BCUT2D eigenvalue weighted by Crippen LogP contribution is 2.08. The van der Waals surface area contributed by atoms with E-state index in [0.29, 0.717) is 5.92 Å². The summed E-state index contributed by atoms with van der Waals surface area (Å²) in [6.45, 7) is 8.20. The molecular formula is C9H18O.